The van der Waals surface area contributed by atoms with Crippen LogP contribution < -0.4 is 5.32 Å². The van der Waals surface area contributed by atoms with Crippen LogP contribution in [-0.2, 0) is 10.8 Å². The number of hydrogen-bond donors (Lipinski definition) is 2. The van der Waals surface area contributed by atoms with Crippen LogP contribution in [0.2, 0.25) is 18.1 Å². The molecule has 0 bridgehead atoms. The van der Waals surface area contributed by atoms with Gasteiger partial charge >= 0.3 is 6.09 Å². The summed E-state index contributed by atoms with van der Waals surface area (Å²) in [5.41, 5.74) is 2.44. The van der Waals surface area contributed by atoms with Gasteiger partial charge in [0.25, 0.3) is 0 Å². The number of unbranched alkanes of at least 4 members (excludes halogenated alkanes) is 1. The molecule has 5 nitrogen and oxygen atoms in total. The van der Waals surface area contributed by atoms with Crippen molar-refractivity contribution in [3.63, 3.8) is 0 Å². The first kappa shape index (κ1) is 21.6. The average molecular weight is 367 g/mol. The summed E-state index contributed by atoms with van der Waals surface area (Å²) in [6.07, 6.45) is 3.69. The van der Waals surface area contributed by atoms with Crippen molar-refractivity contribution >= 4 is 20.1 Å². The lowest BCUT2D eigenvalue weighted by molar-refractivity contribution is 0.209. The number of hydrogen-bond acceptors (Lipinski definition) is 3. The van der Waals surface area contributed by atoms with Crippen LogP contribution in [0.25, 0.3) is 0 Å². The van der Waals surface area contributed by atoms with Crippen molar-refractivity contribution in [1.82, 2.24) is 4.98 Å². The molecule has 0 aliphatic heterocycles. The molecule has 2 N–H and O–H groups in total. The van der Waals surface area contributed by atoms with E-state index in [1.54, 1.807) is 0 Å². The molecular formula is C19H34N2O3Si. The molecule has 1 amide bonds. The Hall–Kier alpha value is -1.40. The van der Waals surface area contributed by atoms with E-state index < -0.39 is 14.4 Å². The minimum absolute atomic E-state index is 0.175. The molecule has 1 aromatic rings. The maximum atomic E-state index is 11.0. The quantitative estimate of drug-likeness (QED) is 0.461. The summed E-state index contributed by atoms with van der Waals surface area (Å²) in [4.78, 5) is 15.4. The first-order valence-electron chi connectivity index (χ1n) is 9.07. The summed E-state index contributed by atoms with van der Waals surface area (Å²) < 4.78 is 6.19. The largest absolute Gasteiger partial charge is 0.465 e. The third kappa shape index (κ3) is 6.78. The summed E-state index contributed by atoms with van der Waals surface area (Å²) in [5, 5.41) is 11.7. The fourth-order valence-electron chi connectivity index (χ4n) is 2.31. The molecule has 6 heteroatoms. The number of nitrogens with zero attached hydrogens (tertiary/aromatic N) is 1. The van der Waals surface area contributed by atoms with Gasteiger partial charge < -0.3 is 9.53 Å². The highest BCUT2D eigenvalue weighted by molar-refractivity contribution is 6.74. The van der Waals surface area contributed by atoms with Crippen molar-refractivity contribution in [1.29, 1.82) is 0 Å². The first-order valence-corrected chi connectivity index (χ1v) is 12.0. The van der Waals surface area contributed by atoms with E-state index in [4.69, 9.17) is 9.53 Å². The standard InChI is InChI=1S/C19H34N2O3Si/c1-14(2)17-16(21-18(22)23)12-15(13-20-17)10-8-9-11-24-25(6,7)19(3,4)5/h12-14,21H,8-11H2,1-7H3,(H,22,23). The second-order valence-electron chi connectivity index (χ2n) is 8.43. The second-order valence-corrected chi connectivity index (χ2v) is 13.2. The Balaban J connectivity index is 2.57. The number of pyridine rings is 1. The highest BCUT2D eigenvalue weighted by atomic mass is 28.4. The van der Waals surface area contributed by atoms with Crippen molar-refractivity contribution in [2.45, 2.75) is 77.9 Å². The normalized spacial score (nSPS) is 12.5. The van der Waals surface area contributed by atoms with Gasteiger partial charge in [0.15, 0.2) is 8.32 Å². The Bertz CT molecular complexity index is 581. The second kappa shape index (κ2) is 8.81. The molecule has 1 heterocycles. The van der Waals surface area contributed by atoms with Gasteiger partial charge in [0, 0.05) is 12.8 Å². The minimum atomic E-state index is -1.67. The third-order valence-corrected chi connectivity index (χ3v) is 9.43. The number of amides is 1. The zero-order valence-corrected chi connectivity index (χ0v) is 17.8. The highest BCUT2D eigenvalue weighted by Gasteiger charge is 2.36. The van der Waals surface area contributed by atoms with Gasteiger partial charge in [0.05, 0.1) is 11.4 Å². The van der Waals surface area contributed by atoms with Gasteiger partial charge in [-0.15, -0.1) is 0 Å². The van der Waals surface area contributed by atoms with E-state index in [-0.39, 0.29) is 11.0 Å². The Morgan fingerprint density at radius 3 is 2.48 bits per heavy atom. The van der Waals surface area contributed by atoms with Crippen molar-refractivity contribution < 1.29 is 14.3 Å². The number of aryl methyl sites for hydroxylation is 1. The molecule has 0 aliphatic carbocycles. The number of rotatable bonds is 8. The fourth-order valence-corrected chi connectivity index (χ4v) is 3.39. The predicted molar refractivity (Wildman–Crippen MR) is 106 cm³/mol. The number of aromatic nitrogens is 1. The molecule has 1 rings (SSSR count). The van der Waals surface area contributed by atoms with Gasteiger partial charge in [0.2, 0.25) is 0 Å². The first-order chi connectivity index (χ1) is 11.4. The molecule has 0 unspecified atom stereocenters. The van der Waals surface area contributed by atoms with E-state index in [1.165, 1.54) is 0 Å². The van der Waals surface area contributed by atoms with Crippen LogP contribution in [0.4, 0.5) is 10.5 Å². The Labute approximate surface area is 153 Å². The lowest BCUT2D eigenvalue weighted by atomic mass is 10.0. The number of carbonyl (C=O) groups is 1. The van der Waals surface area contributed by atoms with Crippen LogP contribution in [-0.4, -0.2) is 31.1 Å². The molecule has 1 aromatic heterocycles. The topological polar surface area (TPSA) is 71.5 Å². The summed E-state index contributed by atoms with van der Waals surface area (Å²) >= 11 is 0. The zero-order valence-electron chi connectivity index (χ0n) is 16.8. The van der Waals surface area contributed by atoms with Gasteiger partial charge in [-0.05, 0) is 54.9 Å². The Morgan fingerprint density at radius 2 is 1.96 bits per heavy atom. The molecule has 25 heavy (non-hydrogen) atoms. The molecule has 0 saturated heterocycles. The summed E-state index contributed by atoms with van der Waals surface area (Å²) in [5.74, 6) is 0.175. The maximum Gasteiger partial charge on any atom is 0.409 e. The Kier molecular flexibility index (Phi) is 7.62. The van der Waals surface area contributed by atoms with E-state index in [0.29, 0.717) is 5.69 Å². The van der Waals surface area contributed by atoms with Gasteiger partial charge in [-0.1, -0.05) is 34.6 Å². The summed E-state index contributed by atoms with van der Waals surface area (Å²) in [7, 11) is -1.67. The van der Waals surface area contributed by atoms with Crippen LogP contribution >= 0.6 is 0 Å². The molecular weight excluding hydrogens is 332 g/mol. The van der Waals surface area contributed by atoms with Crippen molar-refractivity contribution in [2.24, 2.45) is 0 Å². The van der Waals surface area contributed by atoms with Crippen molar-refractivity contribution in [2.75, 3.05) is 11.9 Å². The molecule has 0 aliphatic rings. The molecule has 142 valence electrons. The Morgan fingerprint density at radius 1 is 1.32 bits per heavy atom. The molecule has 0 saturated carbocycles. The molecule has 0 fully saturated rings. The van der Waals surface area contributed by atoms with E-state index in [9.17, 15) is 4.79 Å². The van der Waals surface area contributed by atoms with E-state index in [1.807, 2.05) is 26.1 Å². The van der Waals surface area contributed by atoms with Gasteiger partial charge in [-0.2, -0.15) is 0 Å². The van der Waals surface area contributed by atoms with E-state index in [0.717, 1.165) is 37.1 Å². The van der Waals surface area contributed by atoms with Gasteiger partial charge in [-0.25, -0.2) is 4.79 Å². The lowest BCUT2D eigenvalue weighted by Crippen LogP contribution is -2.40. The van der Waals surface area contributed by atoms with E-state index in [2.05, 4.69) is 44.2 Å². The number of nitrogens with one attached hydrogen (secondary N) is 1. The van der Waals surface area contributed by atoms with Crippen LogP contribution in [0.5, 0.6) is 0 Å². The SMILES string of the molecule is CC(C)c1ncc(CCCCO[Si](C)(C)C(C)(C)C)cc1NC(=O)O. The molecule has 0 aromatic carbocycles. The summed E-state index contributed by atoms with van der Waals surface area (Å²) in [6, 6.07) is 1.91. The fraction of sp³-hybridized carbons (Fsp3) is 0.684. The monoisotopic (exact) mass is 366 g/mol. The van der Waals surface area contributed by atoms with Crippen molar-refractivity contribution in [3.05, 3.63) is 23.5 Å². The predicted octanol–water partition coefficient (Wildman–Crippen LogP) is 5.64. The smallest absolute Gasteiger partial charge is 0.409 e. The van der Waals surface area contributed by atoms with Crippen LogP contribution in [0, 0.1) is 0 Å². The molecule has 0 spiro atoms. The van der Waals surface area contributed by atoms with Gasteiger partial charge in [-0.3, -0.25) is 10.3 Å². The summed E-state index contributed by atoms with van der Waals surface area (Å²) in [6.45, 7) is 16.1. The van der Waals surface area contributed by atoms with Crippen molar-refractivity contribution in [3.8, 4) is 0 Å². The number of anilines is 1. The molecule has 0 atom stereocenters. The third-order valence-electron chi connectivity index (χ3n) is 4.89. The van der Waals surface area contributed by atoms with Gasteiger partial charge in [0.1, 0.15) is 0 Å². The minimum Gasteiger partial charge on any atom is -0.465 e. The number of carboxylic acid groups (broad SMARTS) is 1. The van der Waals surface area contributed by atoms with E-state index >= 15 is 0 Å². The maximum absolute atomic E-state index is 11.0. The lowest BCUT2D eigenvalue weighted by Gasteiger charge is -2.36. The highest BCUT2D eigenvalue weighted by Crippen LogP contribution is 2.36. The average Bonchev–Trinajstić information content (AvgIpc) is 2.44. The van der Waals surface area contributed by atoms with Crippen LogP contribution in [0.1, 0.15) is 64.6 Å². The molecule has 0 radical (unpaired) electrons. The van der Waals surface area contributed by atoms with Crippen LogP contribution in [0.3, 0.4) is 0 Å². The van der Waals surface area contributed by atoms with Crippen LogP contribution in [0.15, 0.2) is 12.3 Å². The zero-order chi connectivity index (χ0) is 19.3.